The second kappa shape index (κ2) is 12.6. The molecule has 3 aromatic rings. The number of carbonyl (C=O) groups excluding carboxylic acids is 2. The standard InChI is InChI=1S/C29H31BrN2O4/c1-2-31-29(34)25(18-21-6-4-3-5-7-21)32(20-23-8-12-24(30)13-9-23)28(33)15-11-22-10-14-26-27(19-22)36-17-16-35-26/h3-10,12-14,19,25H,2,11,15-18,20H2,1H3,(H,31,34)/t25-/m1/s1. The minimum absolute atomic E-state index is 0.0695. The molecular weight excluding hydrogens is 520 g/mol. The number of hydrogen-bond donors (Lipinski definition) is 1. The highest BCUT2D eigenvalue weighted by Crippen LogP contribution is 2.31. The van der Waals surface area contributed by atoms with Crippen molar-refractivity contribution in [2.24, 2.45) is 0 Å². The molecule has 0 aliphatic carbocycles. The molecule has 2 amide bonds. The van der Waals surface area contributed by atoms with Gasteiger partial charge in [-0.1, -0.05) is 64.5 Å². The van der Waals surface area contributed by atoms with Gasteiger partial charge in [0.15, 0.2) is 11.5 Å². The topological polar surface area (TPSA) is 67.9 Å². The lowest BCUT2D eigenvalue weighted by molar-refractivity contribution is -0.141. The van der Waals surface area contributed by atoms with Gasteiger partial charge in [-0.3, -0.25) is 9.59 Å². The van der Waals surface area contributed by atoms with Gasteiger partial charge in [-0.25, -0.2) is 0 Å². The third-order valence-electron chi connectivity index (χ3n) is 6.12. The fraction of sp³-hybridized carbons (Fsp3) is 0.310. The lowest BCUT2D eigenvalue weighted by Crippen LogP contribution is -2.50. The summed E-state index contributed by atoms with van der Waals surface area (Å²) in [5, 5.41) is 2.93. The molecular formula is C29H31BrN2O4. The lowest BCUT2D eigenvalue weighted by Gasteiger charge is -2.31. The molecule has 0 bridgehead atoms. The van der Waals surface area contributed by atoms with Crippen LogP contribution < -0.4 is 14.8 Å². The Bertz CT molecular complexity index is 1170. The highest BCUT2D eigenvalue weighted by molar-refractivity contribution is 9.10. The maximum Gasteiger partial charge on any atom is 0.243 e. The summed E-state index contributed by atoms with van der Waals surface area (Å²) >= 11 is 3.47. The molecule has 0 spiro atoms. The van der Waals surface area contributed by atoms with Gasteiger partial charge in [0.25, 0.3) is 0 Å². The van der Waals surface area contributed by atoms with Crippen molar-refractivity contribution in [3.05, 3.63) is 94.0 Å². The van der Waals surface area contributed by atoms with Crippen LogP contribution in [0.2, 0.25) is 0 Å². The second-order valence-corrected chi connectivity index (χ2v) is 9.64. The Morgan fingerprint density at radius 2 is 1.61 bits per heavy atom. The van der Waals surface area contributed by atoms with Crippen LogP contribution in [-0.2, 0) is 29.0 Å². The molecule has 1 aliphatic rings. The van der Waals surface area contributed by atoms with Gasteiger partial charge in [0.1, 0.15) is 19.3 Å². The predicted molar refractivity (Wildman–Crippen MR) is 143 cm³/mol. The first-order valence-corrected chi connectivity index (χ1v) is 13.1. The summed E-state index contributed by atoms with van der Waals surface area (Å²) in [5.74, 6) is 1.22. The summed E-state index contributed by atoms with van der Waals surface area (Å²) in [6.07, 6.45) is 1.26. The predicted octanol–water partition coefficient (Wildman–Crippen LogP) is 4.93. The van der Waals surface area contributed by atoms with Crippen LogP contribution in [0.5, 0.6) is 11.5 Å². The summed E-state index contributed by atoms with van der Waals surface area (Å²) in [7, 11) is 0. The van der Waals surface area contributed by atoms with Crippen molar-refractivity contribution in [2.75, 3.05) is 19.8 Å². The van der Waals surface area contributed by atoms with Crippen LogP contribution in [0.15, 0.2) is 77.3 Å². The molecule has 0 radical (unpaired) electrons. The zero-order valence-corrected chi connectivity index (χ0v) is 22.0. The van der Waals surface area contributed by atoms with E-state index >= 15 is 0 Å². The van der Waals surface area contributed by atoms with Crippen molar-refractivity contribution >= 4 is 27.7 Å². The maximum absolute atomic E-state index is 13.7. The summed E-state index contributed by atoms with van der Waals surface area (Å²) in [6, 6.07) is 22.8. The van der Waals surface area contributed by atoms with Crippen molar-refractivity contribution < 1.29 is 19.1 Å². The summed E-state index contributed by atoms with van der Waals surface area (Å²) in [4.78, 5) is 28.6. The third-order valence-corrected chi connectivity index (χ3v) is 6.65. The first kappa shape index (κ1) is 25.8. The van der Waals surface area contributed by atoms with Crippen molar-refractivity contribution in [1.29, 1.82) is 0 Å². The maximum atomic E-state index is 13.7. The Morgan fingerprint density at radius 3 is 2.33 bits per heavy atom. The molecule has 0 unspecified atom stereocenters. The minimum Gasteiger partial charge on any atom is -0.486 e. The van der Waals surface area contributed by atoms with Crippen LogP contribution in [0.25, 0.3) is 0 Å². The SMILES string of the molecule is CCNC(=O)[C@@H](Cc1ccccc1)N(Cc1ccc(Br)cc1)C(=O)CCc1ccc2c(c1)OCCO2. The van der Waals surface area contributed by atoms with Gasteiger partial charge in [-0.2, -0.15) is 0 Å². The number of benzene rings is 3. The van der Waals surface area contributed by atoms with E-state index in [0.717, 1.165) is 26.9 Å². The molecule has 0 saturated carbocycles. The summed E-state index contributed by atoms with van der Waals surface area (Å²) < 4.78 is 12.3. The van der Waals surface area contributed by atoms with Crippen molar-refractivity contribution in [1.82, 2.24) is 10.2 Å². The normalized spacial score (nSPS) is 13.1. The summed E-state index contributed by atoms with van der Waals surface area (Å²) in [6.45, 7) is 3.80. The van der Waals surface area contributed by atoms with Crippen LogP contribution in [0.4, 0.5) is 0 Å². The van der Waals surface area contributed by atoms with E-state index in [1.54, 1.807) is 4.90 Å². The molecule has 3 aromatic carbocycles. The van der Waals surface area contributed by atoms with E-state index in [-0.39, 0.29) is 18.2 Å². The number of carbonyl (C=O) groups is 2. The van der Waals surface area contributed by atoms with Crippen LogP contribution in [0.1, 0.15) is 30.0 Å². The number of nitrogens with one attached hydrogen (secondary N) is 1. The van der Waals surface area contributed by atoms with Gasteiger partial charge in [0, 0.05) is 30.4 Å². The van der Waals surface area contributed by atoms with Gasteiger partial charge in [0.2, 0.25) is 11.8 Å². The number of amides is 2. The zero-order valence-electron chi connectivity index (χ0n) is 20.4. The molecule has 6 nitrogen and oxygen atoms in total. The third kappa shape index (κ3) is 6.88. The van der Waals surface area contributed by atoms with Crippen molar-refractivity contribution in [3.63, 3.8) is 0 Å². The van der Waals surface area contributed by atoms with Crippen molar-refractivity contribution in [3.8, 4) is 11.5 Å². The van der Waals surface area contributed by atoms with E-state index in [4.69, 9.17) is 9.47 Å². The van der Waals surface area contributed by atoms with Crippen LogP contribution in [0.3, 0.4) is 0 Å². The van der Waals surface area contributed by atoms with Gasteiger partial charge in [-0.05, 0) is 54.3 Å². The van der Waals surface area contributed by atoms with E-state index < -0.39 is 6.04 Å². The molecule has 0 aromatic heterocycles. The second-order valence-electron chi connectivity index (χ2n) is 8.73. The average Bonchev–Trinajstić information content (AvgIpc) is 2.91. The van der Waals surface area contributed by atoms with Crippen LogP contribution in [0, 0.1) is 0 Å². The quantitative estimate of drug-likeness (QED) is 0.388. The number of hydrogen-bond acceptors (Lipinski definition) is 4. The molecule has 7 heteroatoms. The number of aryl methyl sites for hydroxylation is 1. The Morgan fingerprint density at radius 1 is 0.917 bits per heavy atom. The highest BCUT2D eigenvalue weighted by Gasteiger charge is 2.30. The zero-order chi connectivity index (χ0) is 25.3. The Kier molecular flexibility index (Phi) is 9.01. The highest BCUT2D eigenvalue weighted by atomic mass is 79.9. The van der Waals surface area contributed by atoms with Gasteiger partial charge < -0.3 is 19.7 Å². The molecule has 1 atom stereocenters. The van der Waals surface area contributed by atoms with E-state index in [2.05, 4.69) is 21.2 Å². The molecule has 188 valence electrons. The number of ether oxygens (including phenoxy) is 2. The molecule has 1 heterocycles. The molecule has 0 saturated heterocycles. The first-order chi connectivity index (χ1) is 17.5. The largest absolute Gasteiger partial charge is 0.486 e. The van der Waals surface area contributed by atoms with Crippen molar-refractivity contribution in [2.45, 2.75) is 38.8 Å². The fourth-order valence-electron chi connectivity index (χ4n) is 4.27. The Labute approximate surface area is 220 Å². The smallest absolute Gasteiger partial charge is 0.243 e. The molecule has 1 aliphatic heterocycles. The molecule has 0 fully saturated rings. The van der Waals surface area contributed by atoms with E-state index in [0.29, 0.717) is 44.9 Å². The summed E-state index contributed by atoms with van der Waals surface area (Å²) in [5.41, 5.74) is 2.97. The van der Waals surface area contributed by atoms with Crippen LogP contribution >= 0.6 is 15.9 Å². The van der Waals surface area contributed by atoms with Gasteiger partial charge >= 0.3 is 0 Å². The number of halogens is 1. The number of fused-ring (bicyclic) bond motifs is 1. The average molecular weight is 551 g/mol. The molecule has 36 heavy (non-hydrogen) atoms. The van der Waals surface area contributed by atoms with Gasteiger partial charge in [0.05, 0.1) is 0 Å². The number of nitrogens with zero attached hydrogens (tertiary/aromatic N) is 1. The fourth-order valence-corrected chi connectivity index (χ4v) is 4.54. The monoisotopic (exact) mass is 550 g/mol. The Hall–Kier alpha value is -3.32. The number of rotatable bonds is 10. The molecule has 1 N–H and O–H groups in total. The first-order valence-electron chi connectivity index (χ1n) is 12.3. The number of likely N-dealkylation sites (N-methyl/N-ethyl adjacent to an activating group) is 1. The molecule has 4 rings (SSSR count). The lowest BCUT2D eigenvalue weighted by atomic mass is 10.0. The minimum atomic E-state index is -0.622. The Balaban J connectivity index is 1.57. The van der Waals surface area contributed by atoms with E-state index in [1.165, 1.54) is 0 Å². The van der Waals surface area contributed by atoms with Crippen LogP contribution in [-0.4, -0.2) is 42.5 Å². The van der Waals surface area contributed by atoms with E-state index in [9.17, 15) is 9.59 Å². The van der Waals surface area contributed by atoms with E-state index in [1.807, 2.05) is 79.7 Å². The van der Waals surface area contributed by atoms with Gasteiger partial charge in [-0.15, -0.1) is 0 Å².